The zero-order valence-corrected chi connectivity index (χ0v) is 14.6. The Morgan fingerprint density at radius 1 is 1.15 bits per heavy atom. The van der Waals surface area contributed by atoms with Crippen LogP contribution in [0.2, 0.25) is 0 Å². The molecule has 5 nitrogen and oxygen atoms in total. The predicted octanol–water partition coefficient (Wildman–Crippen LogP) is 3.91. The predicted molar refractivity (Wildman–Crippen MR) is 102 cm³/mol. The summed E-state index contributed by atoms with van der Waals surface area (Å²) in [4.78, 5) is 22.9. The number of amides is 1. The lowest BCUT2D eigenvalue weighted by Gasteiger charge is -2.18. The van der Waals surface area contributed by atoms with Crippen LogP contribution in [0, 0.1) is 6.92 Å². The molecule has 1 amide bonds. The van der Waals surface area contributed by atoms with E-state index in [0.717, 1.165) is 52.8 Å². The first-order valence-electron chi connectivity index (χ1n) is 9.01. The fourth-order valence-corrected chi connectivity index (χ4v) is 4.18. The van der Waals surface area contributed by atoms with E-state index in [-0.39, 0.29) is 11.9 Å². The third-order valence-corrected chi connectivity index (χ3v) is 5.41. The average Bonchev–Trinajstić information content (AvgIpc) is 3.36. The van der Waals surface area contributed by atoms with Gasteiger partial charge >= 0.3 is 0 Å². The number of aromatic amines is 1. The molecule has 5 heteroatoms. The molecule has 1 atom stereocenters. The van der Waals surface area contributed by atoms with Gasteiger partial charge in [0, 0.05) is 30.2 Å². The van der Waals surface area contributed by atoms with Gasteiger partial charge < -0.3 is 14.5 Å². The van der Waals surface area contributed by atoms with Gasteiger partial charge in [0.15, 0.2) is 0 Å². The molecule has 1 saturated heterocycles. The number of nitrogens with one attached hydrogen (secondary N) is 1. The van der Waals surface area contributed by atoms with E-state index < -0.39 is 0 Å². The van der Waals surface area contributed by atoms with Crippen LogP contribution < -0.4 is 0 Å². The number of hydrogen-bond donors (Lipinski definition) is 1. The van der Waals surface area contributed by atoms with Crippen molar-refractivity contribution in [3.8, 4) is 0 Å². The number of nitrogens with zero attached hydrogens (tertiary/aromatic N) is 3. The number of hydrogen-bond acceptors (Lipinski definition) is 2. The Labute approximate surface area is 151 Å². The van der Waals surface area contributed by atoms with Crippen molar-refractivity contribution in [3.63, 3.8) is 0 Å². The van der Waals surface area contributed by atoms with E-state index in [2.05, 4.69) is 20.6 Å². The Hall–Kier alpha value is -3.08. The van der Waals surface area contributed by atoms with Crippen LogP contribution in [0.25, 0.3) is 21.9 Å². The lowest BCUT2D eigenvalue weighted by Crippen LogP contribution is -2.29. The van der Waals surface area contributed by atoms with Crippen LogP contribution in [0.4, 0.5) is 0 Å². The molecular weight excluding hydrogens is 324 g/mol. The van der Waals surface area contributed by atoms with Crippen LogP contribution in [0.3, 0.4) is 0 Å². The second kappa shape index (κ2) is 5.73. The van der Waals surface area contributed by atoms with E-state index in [9.17, 15) is 4.79 Å². The van der Waals surface area contributed by atoms with Crippen molar-refractivity contribution in [2.75, 3.05) is 13.1 Å². The molecule has 1 fully saturated rings. The molecule has 0 saturated carbocycles. The van der Waals surface area contributed by atoms with Crippen LogP contribution >= 0.6 is 0 Å². The van der Waals surface area contributed by atoms with Gasteiger partial charge in [0.05, 0.1) is 22.6 Å². The first kappa shape index (κ1) is 15.2. The quantitative estimate of drug-likeness (QED) is 0.599. The third kappa shape index (κ3) is 2.24. The lowest BCUT2D eigenvalue weighted by molar-refractivity contribution is 0.0789. The lowest BCUT2D eigenvalue weighted by atomic mass is 10.1. The number of carbonyl (C=O) groups excluding carboxylic acids is 1. The number of carbonyl (C=O) groups is 1. The normalized spacial score (nSPS) is 17.4. The van der Waals surface area contributed by atoms with Crippen LogP contribution in [0.1, 0.15) is 28.6 Å². The van der Waals surface area contributed by atoms with Gasteiger partial charge in [-0.05, 0) is 31.5 Å². The number of rotatable bonds is 2. The molecule has 0 spiro atoms. The monoisotopic (exact) mass is 344 g/mol. The average molecular weight is 344 g/mol. The van der Waals surface area contributed by atoms with E-state index in [0.29, 0.717) is 0 Å². The maximum absolute atomic E-state index is 13.1. The fourth-order valence-electron chi connectivity index (χ4n) is 4.18. The zero-order valence-electron chi connectivity index (χ0n) is 14.6. The first-order valence-corrected chi connectivity index (χ1v) is 9.01. The Balaban J connectivity index is 1.45. The van der Waals surface area contributed by atoms with Crippen molar-refractivity contribution >= 4 is 27.8 Å². The number of H-pyrrole nitrogens is 1. The van der Waals surface area contributed by atoms with Crippen molar-refractivity contribution in [1.29, 1.82) is 0 Å². The molecule has 1 aliphatic heterocycles. The molecule has 1 aliphatic rings. The van der Waals surface area contributed by atoms with Crippen LogP contribution in [0.15, 0.2) is 54.7 Å². The van der Waals surface area contributed by atoms with Gasteiger partial charge in [-0.2, -0.15) is 0 Å². The third-order valence-electron chi connectivity index (χ3n) is 5.41. The van der Waals surface area contributed by atoms with E-state index in [4.69, 9.17) is 0 Å². The number of aromatic nitrogens is 3. The Kier molecular flexibility index (Phi) is 3.35. The summed E-state index contributed by atoms with van der Waals surface area (Å²) in [5.41, 5.74) is 3.93. The second-order valence-corrected chi connectivity index (χ2v) is 6.96. The number of aryl methyl sites for hydroxylation is 1. The largest absolute Gasteiger partial charge is 0.360 e. The van der Waals surface area contributed by atoms with Crippen molar-refractivity contribution in [2.45, 2.75) is 19.4 Å². The summed E-state index contributed by atoms with van der Waals surface area (Å²) < 4.78 is 2.29. The van der Waals surface area contributed by atoms with Crippen molar-refractivity contribution in [2.24, 2.45) is 0 Å². The van der Waals surface area contributed by atoms with Gasteiger partial charge in [0.25, 0.3) is 5.91 Å². The van der Waals surface area contributed by atoms with Crippen LogP contribution in [-0.4, -0.2) is 38.4 Å². The second-order valence-electron chi connectivity index (χ2n) is 6.96. The molecule has 0 radical (unpaired) electrons. The summed E-state index contributed by atoms with van der Waals surface area (Å²) >= 11 is 0. The van der Waals surface area contributed by atoms with Gasteiger partial charge in [0.2, 0.25) is 0 Å². The standard InChI is InChI=1S/C21H20N4O/c1-14-23-19-8-4-5-9-20(19)25(14)15-10-11-24(13-15)21(26)17-12-22-18-7-3-2-6-16(17)18/h2-9,12,15,22H,10-11,13H2,1H3/t15-/m1/s1. The molecule has 4 aromatic rings. The number of likely N-dealkylation sites (tertiary alicyclic amines) is 1. The fraction of sp³-hybridized carbons (Fsp3) is 0.238. The molecule has 0 unspecified atom stereocenters. The van der Waals surface area contributed by atoms with E-state index in [1.165, 1.54) is 0 Å². The smallest absolute Gasteiger partial charge is 0.256 e. The summed E-state index contributed by atoms with van der Waals surface area (Å²) in [6, 6.07) is 16.4. The number of benzene rings is 2. The molecular formula is C21H20N4O. The van der Waals surface area contributed by atoms with E-state index >= 15 is 0 Å². The summed E-state index contributed by atoms with van der Waals surface area (Å²) in [6.07, 6.45) is 2.79. The molecule has 3 heterocycles. The van der Waals surface area contributed by atoms with Crippen molar-refractivity contribution < 1.29 is 4.79 Å². The van der Waals surface area contributed by atoms with Gasteiger partial charge in [-0.1, -0.05) is 30.3 Å². The highest BCUT2D eigenvalue weighted by atomic mass is 16.2. The van der Waals surface area contributed by atoms with E-state index in [1.54, 1.807) is 0 Å². The molecule has 0 aliphatic carbocycles. The zero-order chi connectivity index (χ0) is 17.7. The van der Waals surface area contributed by atoms with E-state index in [1.807, 2.05) is 60.5 Å². The van der Waals surface area contributed by atoms with Crippen LogP contribution in [-0.2, 0) is 0 Å². The summed E-state index contributed by atoms with van der Waals surface area (Å²) in [6.45, 7) is 3.54. The molecule has 1 N–H and O–H groups in total. The topological polar surface area (TPSA) is 53.9 Å². The molecule has 130 valence electrons. The van der Waals surface area contributed by atoms with Gasteiger partial charge in [0.1, 0.15) is 5.82 Å². The minimum atomic E-state index is 0.104. The highest BCUT2D eigenvalue weighted by molar-refractivity contribution is 6.06. The summed E-state index contributed by atoms with van der Waals surface area (Å²) in [5.74, 6) is 1.12. The minimum absolute atomic E-state index is 0.104. The van der Waals surface area contributed by atoms with Gasteiger partial charge in [-0.25, -0.2) is 4.98 Å². The molecule has 0 bridgehead atoms. The first-order chi connectivity index (χ1) is 12.7. The van der Waals surface area contributed by atoms with Crippen LogP contribution in [0.5, 0.6) is 0 Å². The number of imidazole rings is 1. The number of fused-ring (bicyclic) bond motifs is 2. The molecule has 26 heavy (non-hydrogen) atoms. The molecule has 2 aromatic heterocycles. The SMILES string of the molecule is Cc1nc2ccccc2n1[C@@H]1CCN(C(=O)c2c[nH]c3ccccc23)C1. The Morgan fingerprint density at radius 2 is 1.96 bits per heavy atom. The minimum Gasteiger partial charge on any atom is -0.360 e. The number of para-hydroxylation sites is 3. The Morgan fingerprint density at radius 3 is 2.88 bits per heavy atom. The molecule has 5 rings (SSSR count). The van der Waals surface area contributed by atoms with Crippen molar-refractivity contribution in [3.05, 3.63) is 66.1 Å². The summed E-state index contributed by atoms with van der Waals surface area (Å²) in [5, 5.41) is 0.991. The highest BCUT2D eigenvalue weighted by Gasteiger charge is 2.30. The molecule has 2 aromatic carbocycles. The Bertz CT molecular complexity index is 1120. The summed E-state index contributed by atoms with van der Waals surface area (Å²) in [7, 11) is 0. The maximum Gasteiger partial charge on any atom is 0.256 e. The highest BCUT2D eigenvalue weighted by Crippen LogP contribution is 2.29. The van der Waals surface area contributed by atoms with Gasteiger partial charge in [-0.15, -0.1) is 0 Å². The maximum atomic E-state index is 13.1. The van der Waals surface area contributed by atoms with Gasteiger partial charge in [-0.3, -0.25) is 4.79 Å². The van der Waals surface area contributed by atoms with Crippen molar-refractivity contribution in [1.82, 2.24) is 19.4 Å².